The maximum Gasteiger partial charge on any atom is 0.0131 e. The second kappa shape index (κ2) is 4.36. The van der Waals surface area contributed by atoms with Crippen LogP contribution in [0.1, 0.15) is 46.1 Å². The molecule has 1 aromatic rings. The summed E-state index contributed by atoms with van der Waals surface area (Å²) in [4.78, 5) is 0. The number of hydrogen-bond acceptors (Lipinski definition) is 1. The first-order chi connectivity index (χ1) is 6.87. The predicted octanol–water partition coefficient (Wildman–Crippen LogP) is 3.48. The molecule has 0 spiro atoms. The summed E-state index contributed by atoms with van der Waals surface area (Å²) >= 11 is 0. The number of hydrogen-bond donors (Lipinski definition) is 1. The van der Waals surface area contributed by atoms with Gasteiger partial charge in [0.25, 0.3) is 0 Å². The van der Waals surface area contributed by atoms with E-state index < -0.39 is 0 Å². The summed E-state index contributed by atoms with van der Waals surface area (Å²) in [5, 5.41) is 0. The molecule has 1 heteroatoms. The van der Waals surface area contributed by atoms with E-state index >= 15 is 0 Å². The summed E-state index contributed by atoms with van der Waals surface area (Å²) in [6, 6.07) is 10.6. The van der Waals surface area contributed by atoms with Crippen LogP contribution >= 0.6 is 0 Å². The third kappa shape index (κ3) is 3.35. The summed E-state index contributed by atoms with van der Waals surface area (Å²) in [5.74, 6) is 0. The number of rotatable bonds is 4. The second-order valence-electron chi connectivity index (χ2n) is 5.43. The minimum Gasteiger partial charge on any atom is -0.325 e. The van der Waals surface area contributed by atoms with Crippen molar-refractivity contribution >= 4 is 0 Å². The van der Waals surface area contributed by atoms with E-state index in [4.69, 9.17) is 5.73 Å². The maximum absolute atomic E-state index is 6.24. The van der Waals surface area contributed by atoms with Crippen molar-refractivity contribution < 1.29 is 0 Å². The molecule has 15 heavy (non-hydrogen) atoms. The van der Waals surface area contributed by atoms with Crippen LogP contribution in [0.15, 0.2) is 30.3 Å². The van der Waals surface area contributed by atoms with Gasteiger partial charge in [-0.05, 0) is 30.7 Å². The van der Waals surface area contributed by atoms with Crippen molar-refractivity contribution in [2.45, 2.75) is 51.5 Å². The van der Waals surface area contributed by atoms with Crippen molar-refractivity contribution in [3.63, 3.8) is 0 Å². The normalized spacial score (nSPS) is 16.1. The molecule has 0 unspecified atom stereocenters. The Bertz CT molecular complexity index is 298. The van der Waals surface area contributed by atoms with E-state index in [0.717, 1.165) is 12.8 Å². The average molecular weight is 205 g/mol. The Hall–Kier alpha value is -0.820. The fourth-order valence-corrected chi connectivity index (χ4v) is 2.13. The third-order valence-corrected chi connectivity index (χ3v) is 3.21. The molecule has 0 amide bonds. The highest BCUT2D eigenvalue weighted by Crippen LogP contribution is 2.32. The molecule has 2 N–H and O–H groups in total. The Morgan fingerprint density at radius 1 is 1.07 bits per heavy atom. The van der Waals surface area contributed by atoms with Gasteiger partial charge in [-0.2, -0.15) is 0 Å². The van der Waals surface area contributed by atoms with Gasteiger partial charge in [0.05, 0.1) is 0 Å². The lowest BCUT2D eigenvalue weighted by Crippen LogP contribution is -2.41. The first kappa shape index (κ1) is 12.3. The SMILES string of the molecule is CC[C@@](C)(N)CC(C)(C)c1ccccc1. The van der Waals surface area contributed by atoms with E-state index in [-0.39, 0.29) is 11.0 Å². The van der Waals surface area contributed by atoms with Crippen LogP contribution in [-0.2, 0) is 5.41 Å². The maximum atomic E-state index is 6.24. The molecule has 0 heterocycles. The smallest absolute Gasteiger partial charge is 0.0131 e. The lowest BCUT2D eigenvalue weighted by molar-refractivity contribution is 0.319. The molecule has 84 valence electrons. The van der Waals surface area contributed by atoms with Crippen molar-refractivity contribution in [2.24, 2.45) is 5.73 Å². The predicted molar refractivity (Wildman–Crippen MR) is 67.0 cm³/mol. The molecule has 1 atom stereocenters. The molecule has 1 rings (SSSR count). The van der Waals surface area contributed by atoms with E-state index in [1.54, 1.807) is 0 Å². The van der Waals surface area contributed by atoms with E-state index in [2.05, 4.69) is 58.0 Å². The molecule has 0 fully saturated rings. The Kier molecular flexibility index (Phi) is 3.56. The Balaban J connectivity index is 2.85. The highest BCUT2D eigenvalue weighted by atomic mass is 14.7. The van der Waals surface area contributed by atoms with Crippen LogP contribution < -0.4 is 5.73 Å². The van der Waals surface area contributed by atoms with Crippen LogP contribution in [0.2, 0.25) is 0 Å². The van der Waals surface area contributed by atoms with Crippen molar-refractivity contribution in [3.05, 3.63) is 35.9 Å². The van der Waals surface area contributed by atoms with E-state index in [1.165, 1.54) is 5.56 Å². The lowest BCUT2D eigenvalue weighted by Gasteiger charge is -2.34. The van der Waals surface area contributed by atoms with Crippen molar-refractivity contribution in [2.75, 3.05) is 0 Å². The summed E-state index contributed by atoms with van der Waals surface area (Å²) in [6.07, 6.45) is 2.03. The van der Waals surface area contributed by atoms with Crippen molar-refractivity contribution in [1.82, 2.24) is 0 Å². The summed E-state index contributed by atoms with van der Waals surface area (Å²) in [5.41, 5.74) is 7.69. The van der Waals surface area contributed by atoms with Gasteiger partial charge in [-0.1, -0.05) is 51.1 Å². The first-order valence-electron chi connectivity index (χ1n) is 5.72. The van der Waals surface area contributed by atoms with Gasteiger partial charge < -0.3 is 5.73 Å². The van der Waals surface area contributed by atoms with E-state index in [9.17, 15) is 0 Å². The summed E-state index contributed by atoms with van der Waals surface area (Å²) < 4.78 is 0. The zero-order valence-electron chi connectivity index (χ0n) is 10.4. The molecular weight excluding hydrogens is 182 g/mol. The van der Waals surface area contributed by atoms with Gasteiger partial charge >= 0.3 is 0 Å². The topological polar surface area (TPSA) is 26.0 Å². The Morgan fingerprint density at radius 3 is 2.07 bits per heavy atom. The molecule has 0 aliphatic heterocycles. The Morgan fingerprint density at radius 2 is 1.60 bits per heavy atom. The highest BCUT2D eigenvalue weighted by molar-refractivity contribution is 5.24. The molecule has 1 aromatic carbocycles. The van der Waals surface area contributed by atoms with Crippen LogP contribution in [0.4, 0.5) is 0 Å². The third-order valence-electron chi connectivity index (χ3n) is 3.21. The van der Waals surface area contributed by atoms with Gasteiger partial charge in [0.2, 0.25) is 0 Å². The minimum absolute atomic E-state index is 0.0701. The van der Waals surface area contributed by atoms with Crippen LogP contribution in [-0.4, -0.2) is 5.54 Å². The van der Waals surface area contributed by atoms with E-state index in [1.807, 2.05) is 0 Å². The molecule has 0 saturated heterocycles. The van der Waals surface area contributed by atoms with Gasteiger partial charge in [0.1, 0.15) is 0 Å². The molecule has 0 aromatic heterocycles. The second-order valence-corrected chi connectivity index (χ2v) is 5.43. The van der Waals surface area contributed by atoms with Crippen LogP contribution in [0, 0.1) is 0 Å². The fourth-order valence-electron chi connectivity index (χ4n) is 2.13. The largest absolute Gasteiger partial charge is 0.325 e. The quantitative estimate of drug-likeness (QED) is 0.800. The van der Waals surface area contributed by atoms with E-state index in [0.29, 0.717) is 0 Å². The van der Waals surface area contributed by atoms with Gasteiger partial charge in [-0.15, -0.1) is 0 Å². The van der Waals surface area contributed by atoms with Crippen molar-refractivity contribution in [3.8, 4) is 0 Å². The zero-order chi connectivity index (χ0) is 11.5. The zero-order valence-corrected chi connectivity index (χ0v) is 10.4. The minimum atomic E-state index is -0.0701. The number of nitrogens with two attached hydrogens (primary N) is 1. The molecular formula is C14H23N. The van der Waals surface area contributed by atoms with Gasteiger partial charge in [-0.3, -0.25) is 0 Å². The van der Waals surface area contributed by atoms with Gasteiger partial charge in [-0.25, -0.2) is 0 Å². The Labute approximate surface area is 93.7 Å². The fraction of sp³-hybridized carbons (Fsp3) is 0.571. The van der Waals surface area contributed by atoms with Crippen LogP contribution in [0.5, 0.6) is 0 Å². The molecule has 0 aliphatic carbocycles. The monoisotopic (exact) mass is 205 g/mol. The molecule has 1 nitrogen and oxygen atoms in total. The summed E-state index contributed by atoms with van der Waals surface area (Å²) in [7, 11) is 0. The number of benzene rings is 1. The lowest BCUT2D eigenvalue weighted by atomic mass is 9.74. The average Bonchev–Trinajstić information content (AvgIpc) is 2.18. The van der Waals surface area contributed by atoms with Crippen LogP contribution in [0.25, 0.3) is 0 Å². The summed E-state index contributed by atoms with van der Waals surface area (Å²) in [6.45, 7) is 8.82. The van der Waals surface area contributed by atoms with Gasteiger partial charge in [0.15, 0.2) is 0 Å². The molecule has 0 aliphatic rings. The van der Waals surface area contributed by atoms with Crippen LogP contribution in [0.3, 0.4) is 0 Å². The van der Waals surface area contributed by atoms with Gasteiger partial charge in [0, 0.05) is 5.54 Å². The van der Waals surface area contributed by atoms with Crippen molar-refractivity contribution in [1.29, 1.82) is 0 Å². The first-order valence-corrected chi connectivity index (χ1v) is 5.72. The highest BCUT2D eigenvalue weighted by Gasteiger charge is 2.29. The molecule has 0 saturated carbocycles. The standard InChI is InChI=1S/C14H23N/c1-5-14(4,15)11-13(2,3)12-9-7-6-8-10-12/h6-10H,5,11,15H2,1-4H3/t14-/m1/s1. The molecule has 0 bridgehead atoms. The molecule has 0 radical (unpaired) electrons.